The summed E-state index contributed by atoms with van der Waals surface area (Å²) in [5.41, 5.74) is 1.31. The summed E-state index contributed by atoms with van der Waals surface area (Å²) in [7, 11) is 0. The molecule has 2 heterocycles. The highest BCUT2D eigenvalue weighted by atomic mass is 19.1. The number of anilines is 1. The molecule has 0 spiro atoms. The highest BCUT2D eigenvalue weighted by Gasteiger charge is 2.38. The number of carbonyl (C=O) groups excluding carboxylic acids is 2. The predicted molar refractivity (Wildman–Crippen MR) is 96.4 cm³/mol. The van der Waals surface area contributed by atoms with Crippen LogP contribution >= 0.6 is 0 Å². The van der Waals surface area contributed by atoms with Crippen molar-refractivity contribution in [2.45, 2.75) is 0 Å². The summed E-state index contributed by atoms with van der Waals surface area (Å²) < 4.78 is 23.9. The van der Waals surface area contributed by atoms with Crippen molar-refractivity contribution in [3.63, 3.8) is 0 Å². The fourth-order valence-corrected chi connectivity index (χ4v) is 2.99. The molecule has 4 rings (SSSR count). The Morgan fingerprint density at radius 2 is 1.81 bits per heavy atom. The summed E-state index contributed by atoms with van der Waals surface area (Å²) >= 11 is 0. The minimum atomic E-state index is -0.475. The number of nitrogens with one attached hydrogen (secondary N) is 1. The van der Waals surface area contributed by atoms with Crippen LogP contribution in [0, 0.1) is 5.82 Å². The number of rotatable bonds is 5. The number of imide groups is 1. The first-order valence-corrected chi connectivity index (χ1v) is 8.22. The molecule has 0 unspecified atom stereocenters. The number of amides is 2. The third-order valence-electron chi connectivity index (χ3n) is 4.25. The standard InChI is InChI=1S/C20H15FN2O4/c1-2-9-23-19(24)17(12-3-5-13(21)6-4-12)18(20(23)25)22-14-7-8-15-16(10-14)27-11-26-15/h2-8,10,22H,1,9,11H2. The molecule has 0 saturated heterocycles. The summed E-state index contributed by atoms with van der Waals surface area (Å²) in [6.07, 6.45) is 1.47. The molecule has 27 heavy (non-hydrogen) atoms. The van der Waals surface area contributed by atoms with Crippen LogP contribution in [0.1, 0.15) is 5.56 Å². The van der Waals surface area contributed by atoms with Crippen molar-refractivity contribution in [3.05, 3.63) is 72.2 Å². The summed E-state index contributed by atoms with van der Waals surface area (Å²) in [6.45, 7) is 3.80. The maximum absolute atomic E-state index is 13.3. The largest absolute Gasteiger partial charge is 0.454 e. The van der Waals surface area contributed by atoms with Crippen LogP contribution in [0.4, 0.5) is 10.1 Å². The van der Waals surface area contributed by atoms with Gasteiger partial charge in [-0.2, -0.15) is 0 Å². The molecule has 0 saturated carbocycles. The predicted octanol–water partition coefficient (Wildman–Crippen LogP) is 2.93. The normalized spacial score (nSPS) is 15.5. The second-order valence-electron chi connectivity index (χ2n) is 5.96. The third-order valence-corrected chi connectivity index (χ3v) is 4.25. The van der Waals surface area contributed by atoms with Gasteiger partial charge in [0.15, 0.2) is 11.5 Å². The topological polar surface area (TPSA) is 67.9 Å². The number of benzene rings is 2. The van der Waals surface area contributed by atoms with Gasteiger partial charge in [-0.1, -0.05) is 18.2 Å². The highest BCUT2D eigenvalue weighted by molar-refractivity contribution is 6.36. The third kappa shape index (κ3) is 2.93. The van der Waals surface area contributed by atoms with Gasteiger partial charge in [0.2, 0.25) is 6.79 Å². The van der Waals surface area contributed by atoms with E-state index in [4.69, 9.17) is 9.47 Å². The van der Waals surface area contributed by atoms with Crippen LogP contribution in [-0.4, -0.2) is 30.1 Å². The van der Waals surface area contributed by atoms with Crippen molar-refractivity contribution in [2.24, 2.45) is 0 Å². The minimum absolute atomic E-state index is 0.0781. The van der Waals surface area contributed by atoms with E-state index in [-0.39, 0.29) is 24.6 Å². The molecule has 0 bridgehead atoms. The second kappa shape index (κ2) is 6.60. The molecule has 2 aromatic rings. The number of fused-ring (bicyclic) bond motifs is 1. The number of nitrogens with zero attached hydrogens (tertiary/aromatic N) is 1. The smallest absolute Gasteiger partial charge is 0.278 e. The van der Waals surface area contributed by atoms with Gasteiger partial charge in [-0.15, -0.1) is 6.58 Å². The second-order valence-corrected chi connectivity index (χ2v) is 5.96. The first-order valence-electron chi connectivity index (χ1n) is 8.22. The number of halogens is 1. The van der Waals surface area contributed by atoms with Crippen molar-refractivity contribution < 1.29 is 23.5 Å². The van der Waals surface area contributed by atoms with Gasteiger partial charge < -0.3 is 14.8 Å². The average molecular weight is 366 g/mol. The summed E-state index contributed by atoms with van der Waals surface area (Å²) in [6, 6.07) is 10.5. The van der Waals surface area contributed by atoms with E-state index in [9.17, 15) is 14.0 Å². The zero-order valence-corrected chi connectivity index (χ0v) is 14.2. The Morgan fingerprint density at radius 1 is 1.07 bits per heavy atom. The molecule has 136 valence electrons. The van der Waals surface area contributed by atoms with Crippen molar-refractivity contribution in [1.29, 1.82) is 0 Å². The molecule has 7 heteroatoms. The van der Waals surface area contributed by atoms with Gasteiger partial charge in [-0.3, -0.25) is 14.5 Å². The van der Waals surface area contributed by atoms with Gasteiger partial charge in [0.25, 0.3) is 11.8 Å². The fourth-order valence-electron chi connectivity index (χ4n) is 2.99. The quantitative estimate of drug-likeness (QED) is 0.651. The van der Waals surface area contributed by atoms with Crippen molar-refractivity contribution in [3.8, 4) is 11.5 Å². The lowest BCUT2D eigenvalue weighted by molar-refractivity contribution is -0.136. The molecule has 6 nitrogen and oxygen atoms in total. The number of hydrogen-bond donors (Lipinski definition) is 1. The van der Waals surface area contributed by atoms with E-state index in [1.807, 2.05) is 0 Å². The molecule has 0 radical (unpaired) electrons. The minimum Gasteiger partial charge on any atom is -0.454 e. The zero-order valence-electron chi connectivity index (χ0n) is 14.2. The molecular weight excluding hydrogens is 351 g/mol. The number of ether oxygens (including phenoxy) is 2. The van der Waals surface area contributed by atoms with Crippen molar-refractivity contribution in [2.75, 3.05) is 18.7 Å². The van der Waals surface area contributed by atoms with E-state index in [0.29, 0.717) is 22.7 Å². The van der Waals surface area contributed by atoms with E-state index in [0.717, 1.165) is 4.90 Å². The van der Waals surface area contributed by atoms with Crippen LogP contribution in [0.25, 0.3) is 5.57 Å². The molecular formula is C20H15FN2O4. The average Bonchev–Trinajstić information content (AvgIpc) is 3.21. The van der Waals surface area contributed by atoms with Crippen LogP contribution < -0.4 is 14.8 Å². The molecule has 0 aromatic heterocycles. The van der Waals surface area contributed by atoms with Gasteiger partial charge in [0.05, 0.1) is 5.57 Å². The maximum atomic E-state index is 13.3. The molecule has 0 fully saturated rings. The van der Waals surface area contributed by atoms with E-state index in [2.05, 4.69) is 11.9 Å². The maximum Gasteiger partial charge on any atom is 0.278 e. The Balaban J connectivity index is 1.76. The molecule has 2 amide bonds. The molecule has 2 aromatic carbocycles. The Hall–Kier alpha value is -3.61. The Kier molecular flexibility index (Phi) is 4.12. The summed E-state index contributed by atoms with van der Waals surface area (Å²) in [5, 5.41) is 3.01. The van der Waals surface area contributed by atoms with Gasteiger partial charge >= 0.3 is 0 Å². The van der Waals surface area contributed by atoms with Gasteiger partial charge in [-0.05, 0) is 29.8 Å². The van der Waals surface area contributed by atoms with Crippen LogP contribution in [0.5, 0.6) is 11.5 Å². The van der Waals surface area contributed by atoms with E-state index >= 15 is 0 Å². The van der Waals surface area contributed by atoms with Gasteiger partial charge in [-0.25, -0.2) is 4.39 Å². The lowest BCUT2D eigenvalue weighted by atomic mass is 10.0. The van der Waals surface area contributed by atoms with Gasteiger partial charge in [0, 0.05) is 18.3 Å². The fraction of sp³-hybridized carbons (Fsp3) is 0.100. The monoisotopic (exact) mass is 366 g/mol. The van der Waals surface area contributed by atoms with Crippen molar-refractivity contribution in [1.82, 2.24) is 4.90 Å². The lowest BCUT2D eigenvalue weighted by Crippen LogP contribution is -2.32. The lowest BCUT2D eigenvalue weighted by Gasteiger charge is -2.12. The highest BCUT2D eigenvalue weighted by Crippen LogP contribution is 2.36. The Bertz CT molecular complexity index is 982. The van der Waals surface area contributed by atoms with Crippen LogP contribution in [-0.2, 0) is 9.59 Å². The molecule has 0 atom stereocenters. The van der Waals surface area contributed by atoms with E-state index < -0.39 is 17.6 Å². The molecule has 0 aliphatic carbocycles. The first-order chi connectivity index (χ1) is 13.1. The summed E-state index contributed by atoms with van der Waals surface area (Å²) in [5.74, 6) is -0.213. The van der Waals surface area contributed by atoms with E-state index in [1.54, 1.807) is 18.2 Å². The van der Waals surface area contributed by atoms with Gasteiger partial charge in [0.1, 0.15) is 11.5 Å². The van der Waals surface area contributed by atoms with Crippen LogP contribution in [0.15, 0.2) is 60.8 Å². The Morgan fingerprint density at radius 3 is 2.56 bits per heavy atom. The zero-order chi connectivity index (χ0) is 19.0. The number of hydrogen-bond acceptors (Lipinski definition) is 5. The van der Waals surface area contributed by atoms with Crippen LogP contribution in [0.2, 0.25) is 0 Å². The first kappa shape index (κ1) is 16.8. The molecule has 2 aliphatic heterocycles. The van der Waals surface area contributed by atoms with Crippen molar-refractivity contribution >= 4 is 23.1 Å². The van der Waals surface area contributed by atoms with E-state index in [1.165, 1.54) is 30.3 Å². The molecule has 1 N–H and O–H groups in total. The van der Waals surface area contributed by atoms with Crippen LogP contribution in [0.3, 0.4) is 0 Å². The summed E-state index contributed by atoms with van der Waals surface area (Å²) in [4.78, 5) is 26.7. The SMILES string of the molecule is C=CCN1C(=O)C(Nc2ccc3c(c2)OCO3)=C(c2ccc(F)cc2)C1=O. The Labute approximate surface area is 154 Å². The number of carbonyl (C=O) groups is 2. The molecule has 2 aliphatic rings.